The van der Waals surface area contributed by atoms with Crippen LogP contribution in [0.3, 0.4) is 0 Å². The van der Waals surface area contributed by atoms with E-state index in [0.29, 0.717) is 23.8 Å². The lowest BCUT2D eigenvalue weighted by Gasteiger charge is -2.15. The molecule has 7 heteroatoms. The Labute approximate surface area is 180 Å². The van der Waals surface area contributed by atoms with Gasteiger partial charge in [-0.25, -0.2) is 0 Å². The molecule has 0 heterocycles. The minimum atomic E-state index is -1.16. The van der Waals surface area contributed by atoms with E-state index in [9.17, 15) is 15.0 Å². The number of carbonyl (C=O) groups is 1. The Morgan fingerprint density at radius 2 is 1.81 bits per heavy atom. The van der Waals surface area contributed by atoms with E-state index in [0.717, 1.165) is 24.7 Å². The largest absolute Gasteiger partial charge is 0.544 e. The highest BCUT2D eigenvalue weighted by Gasteiger charge is 2.15. The van der Waals surface area contributed by atoms with E-state index >= 15 is 0 Å². The second-order valence-corrected chi connectivity index (χ2v) is 8.92. The lowest BCUT2D eigenvalue weighted by molar-refractivity contribution is -0.437. The van der Waals surface area contributed by atoms with Gasteiger partial charge in [0.2, 0.25) is 0 Å². The van der Waals surface area contributed by atoms with Crippen LogP contribution in [0.4, 0.5) is 0 Å². The first-order chi connectivity index (χ1) is 12.2. The van der Waals surface area contributed by atoms with Crippen LogP contribution in [0.5, 0.6) is 17.2 Å². The normalized spacial score (nSPS) is 12.2. The van der Waals surface area contributed by atoms with Gasteiger partial charge in [0.25, 0.3) is 0 Å². The standard InChI is InChI=1S/C19H21I2NO4/c1-10(2)5-12-9-13(3-4-17(12)23)26-18-14(20)6-11(7-15(18)21)8-16(22)19(24)25/h3-4,6-7,9-10,16,23H,5,8,22H2,1-2H3,(H,24,25). The predicted octanol–water partition coefficient (Wildman–Crippen LogP) is 2.50. The van der Waals surface area contributed by atoms with Crippen LogP contribution in [0.15, 0.2) is 30.3 Å². The quantitative estimate of drug-likeness (QED) is 0.492. The Bertz CT molecular complexity index is 785. The second-order valence-electron chi connectivity index (χ2n) is 6.60. The molecular formula is C19H21I2NO4. The highest BCUT2D eigenvalue weighted by Crippen LogP contribution is 2.35. The molecule has 26 heavy (non-hydrogen) atoms. The number of hydrogen-bond acceptors (Lipinski definition) is 4. The zero-order chi connectivity index (χ0) is 19.4. The van der Waals surface area contributed by atoms with Crippen LogP contribution in [0.2, 0.25) is 0 Å². The minimum absolute atomic E-state index is 0.273. The van der Waals surface area contributed by atoms with E-state index < -0.39 is 12.0 Å². The smallest absolute Gasteiger partial charge is 0.154 e. The molecule has 140 valence electrons. The maximum Gasteiger partial charge on any atom is 0.154 e. The van der Waals surface area contributed by atoms with Gasteiger partial charge in [-0.3, -0.25) is 0 Å². The Morgan fingerprint density at radius 3 is 2.35 bits per heavy atom. The van der Waals surface area contributed by atoms with Crippen LogP contribution in [-0.4, -0.2) is 17.1 Å². The Balaban J connectivity index is 2.26. The zero-order valence-electron chi connectivity index (χ0n) is 14.6. The number of phenols is 1. The molecular weight excluding hydrogens is 560 g/mol. The molecule has 0 aliphatic heterocycles. The molecule has 1 atom stereocenters. The van der Waals surface area contributed by atoms with Crippen molar-refractivity contribution in [1.82, 2.24) is 0 Å². The molecule has 0 spiro atoms. The summed E-state index contributed by atoms with van der Waals surface area (Å²) >= 11 is 4.35. The first-order valence-electron chi connectivity index (χ1n) is 8.19. The van der Waals surface area contributed by atoms with Gasteiger partial charge in [0, 0.05) is 6.42 Å². The highest BCUT2D eigenvalue weighted by atomic mass is 127. The second kappa shape index (κ2) is 9.23. The first-order valence-corrected chi connectivity index (χ1v) is 10.3. The van der Waals surface area contributed by atoms with Gasteiger partial charge in [0.1, 0.15) is 17.5 Å². The fourth-order valence-corrected chi connectivity index (χ4v) is 4.66. The van der Waals surface area contributed by atoms with Crippen molar-refractivity contribution in [3.8, 4) is 17.2 Å². The van der Waals surface area contributed by atoms with Gasteiger partial charge in [-0.05, 0) is 99.0 Å². The topological polar surface area (TPSA) is 97.2 Å². The number of phenolic OH excluding ortho intramolecular Hbond substituents is 1. The van der Waals surface area contributed by atoms with Crippen molar-refractivity contribution >= 4 is 51.2 Å². The maximum absolute atomic E-state index is 10.9. The van der Waals surface area contributed by atoms with E-state index in [1.54, 1.807) is 12.1 Å². The van der Waals surface area contributed by atoms with E-state index in [-0.39, 0.29) is 5.75 Å². The van der Waals surface area contributed by atoms with Gasteiger partial charge in [-0.1, -0.05) is 13.8 Å². The average Bonchev–Trinajstić information content (AvgIpc) is 2.53. The van der Waals surface area contributed by atoms with Crippen LogP contribution in [0, 0.1) is 13.1 Å². The number of rotatable bonds is 7. The lowest BCUT2D eigenvalue weighted by atomic mass is 10.0. The fourth-order valence-electron chi connectivity index (χ4n) is 2.54. The van der Waals surface area contributed by atoms with E-state index in [2.05, 4.69) is 64.8 Å². The molecule has 0 aliphatic carbocycles. The fraction of sp³-hybridized carbons (Fsp3) is 0.316. The summed E-state index contributed by atoms with van der Waals surface area (Å²) < 4.78 is 7.82. The number of halogens is 2. The number of hydrogen-bond donors (Lipinski definition) is 2. The van der Waals surface area contributed by atoms with Gasteiger partial charge in [0.15, 0.2) is 5.75 Å². The summed E-state index contributed by atoms with van der Waals surface area (Å²) in [6.07, 6.45) is 1.08. The van der Waals surface area contributed by atoms with Gasteiger partial charge >= 0.3 is 0 Å². The van der Waals surface area contributed by atoms with Crippen molar-refractivity contribution < 1.29 is 25.5 Å². The third-order valence-electron chi connectivity index (χ3n) is 3.77. The molecule has 2 rings (SSSR count). The van der Waals surface area contributed by atoms with E-state index in [1.807, 2.05) is 18.2 Å². The molecule has 0 saturated carbocycles. The van der Waals surface area contributed by atoms with Crippen LogP contribution < -0.4 is 15.6 Å². The Kier molecular flexibility index (Phi) is 7.53. The molecule has 5 nitrogen and oxygen atoms in total. The predicted molar refractivity (Wildman–Crippen MR) is 114 cm³/mol. The molecule has 4 N–H and O–H groups in total. The number of ether oxygens (including phenoxy) is 1. The molecule has 0 amide bonds. The van der Waals surface area contributed by atoms with Gasteiger partial charge in [-0.2, -0.15) is 0 Å². The number of carboxylic acid groups (broad SMARTS) is 1. The van der Waals surface area contributed by atoms with Crippen LogP contribution in [0.25, 0.3) is 0 Å². The molecule has 0 bridgehead atoms. The van der Waals surface area contributed by atoms with E-state index in [4.69, 9.17) is 4.74 Å². The van der Waals surface area contributed by atoms with Crippen LogP contribution in [-0.2, 0) is 17.6 Å². The third kappa shape index (κ3) is 5.71. The molecule has 1 unspecified atom stereocenters. The number of aliphatic carboxylic acids is 1. The summed E-state index contributed by atoms with van der Waals surface area (Å²) in [6.45, 7) is 4.19. The van der Waals surface area contributed by atoms with Crippen LogP contribution in [0.1, 0.15) is 25.0 Å². The highest BCUT2D eigenvalue weighted by molar-refractivity contribution is 14.1. The molecule has 0 fully saturated rings. The van der Waals surface area contributed by atoms with Crippen molar-refractivity contribution in [3.63, 3.8) is 0 Å². The Morgan fingerprint density at radius 1 is 1.19 bits per heavy atom. The van der Waals surface area contributed by atoms with Crippen molar-refractivity contribution in [2.24, 2.45) is 5.92 Å². The maximum atomic E-state index is 10.9. The van der Waals surface area contributed by atoms with Crippen molar-refractivity contribution in [2.45, 2.75) is 32.7 Å². The molecule has 0 saturated heterocycles. The third-order valence-corrected chi connectivity index (χ3v) is 5.38. The number of carboxylic acids is 1. The summed E-state index contributed by atoms with van der Waals surface area (Å²) in [4.78, 5) is 10.9. The molecule has 0 aromatic heterocycles. The number of aromatic hydroxyl groups is 1. The molecule has 0 aliphatic rings. The average molecular weight is 581 g/mol. The summed E-state index contributed by atoms with van der Waals surface area (Å²) in [5.74, 6) is 0.915. The van der Waals surface area contributed by atoms with Crippen molar-refractivity contribution in [3.05, 3.63) is 48.6 Å². The van der Waals surface area contributed by atoms with Gasteiger partial charge < -0.3 is 25.5 Å². The van der Waals surface area contributed by atoms with Crippen LogP contribution >= 0.6 is 45.2 Å². The minimum Gasteiger partial charge on any atom is -0.544 e. The molecule has 2 aromatic rings. The number of quaternary nitrogens is 1. The monoisotopic (exact) mass is 581 g/mol. The summed E-state index contributed by atoms with van der Waals surface area (Å²) in [5, 5.41) is 20.9. The number of carbonyl (C=O) groups excluding carboxylic acids is 1. The SMILES string of the molecule is CC(C)Cc1cc(Oc2c(I)cc(CC([NH3+])C(=O)[O-])cc2I)ccc1O. The van der Waals surface area contributed by atoms with E-state index in [1.165, 1.54) is 0 Å². The lowest BCUT2D eigenvalue weighted by Crippen LogP contribution is -2.69. The summed E-state index contributed by atoms with van der Waals surface area (Å²) in [6, 6.07) is 8.25. The Hall–Kier alpha value is -1.07. The zero-order valence-corrected chi connectivity index (χ0v) is 18.9. The number of benzene rings is 2. The van der Waals surface area contributed by atoms with Crippen molar-refractivity contribution in [2.75, 3.05) is 0 Å². The summed E-state index contributed by atoms with van der Waals surface area (Å²) in [5.41, 5.74) is 5.33. The molecule has 0 radical (unpaired) electrons. The first kappa shape index (κ1) is 21.2. The van der Waals surface area contributed by atoms with Crippen molar-refractivity contribution in [1.29, 1.82) is 0 Å². The van der Waals surface area contributed by atoms with Gasteiger partial charge in [0.05, 0.1) is 13.1 Å². The molecule has 2 aromatic carbocycles. The summed E-state index contributed by atoms with van der Waals surface area (Å²) in [7, 11) is 0. The van der Waals surface area contributed by atoms with Gasteiger partial charge in [-0.15, -0.1) is 0 Å².